The number of benzene rings is 2. The van der Waals surface area contributed by atoms with E-state index in [2.05, 4.69) is 15.0 Å². The molecule has 0 bridgehead atoms. The predicted octanol–water partition coefficient (Wildman–Crippen LogP) is 4.78. The van der Waals surface area contributed by atoms with Crippen molar-refractivity contribution in [1.29, 1.82) is 0 Å². The first-order valence-corrected chi connectivity index (χ1v) is 9.93. The van der Waals surface area contributed by atoms with Gasteiger partial charge in [0.1, 0.15) is 17.2 Å². The lowest BCUT2D eigenvalue weighted by Gasteiger charge is -2.07. The van der Waals surface area contributed by atoms with Crippen molar-refractivity contribution in [2.75, 3.05) is 13.4 Å². The van der Waals surface area contributed by atoms with Gasteiger partial charge in [0.05, 0.1) is 12.8 Å². The molecule has 0 saturated carbocycles. The van der Waals surface area contributed by atoms with Crippen molar-refractivity contribution in [3.63, 3.8) is 0 Å². The van der Waals surface area contributed by atoms with Gasteiger partial charge in [-0.3, -0.25) is 0 Å². The molecule has 4 rings (SSSR count). The Kier molecular flexibility index (Phi) is 5.18. The van der Waals surface area contributed by atoms with Crippen LogP contribution in [0.1, 0.15) is 0 Å². The summed E-state index contributed by atoms with van der Waals surface area (Å²) in [6, 6.07) is 15.4. The zero-order valence-corrected chi connectivity index (χ0v) is 16.5. The molecule has 0 atom stereocenters. The standard InChI is InChI=1S/C21H17FN4O2S/c1-28-21-23-12-11-17(24-21)19-18(13-3-7-15(22)8-4-13)25-20(26(19)27)14-5-9-16(29-2)10-6-14/h3-12,27H,1-2H3. The molecule has 2 aromatic heterocycles. The van der Waals surface area contributed by atoms with Gasteiger partial charge in [0.25, 0.3) is 0 Å². The summed E-state index contributed by atoms with van der Waals surface area (Å²) in [5, 5.41) is 11.0. The monoisotopic (exact) mass is 408 g/mol. The molecule has 146 valence electrons. The molecule has 0 fully saturated rings. The molecule has 0 aliphatic heterocycles. The summed E-state index contributed by atoms with van der Waals surface area (Å²) in [6.45, 7) is 0. The zero-order chi connectivity index (χ0) is 20.4. The van der Waals surface area contributed by atoms with E-state index in [9.17, 15) is 9.60 Å². The van der Waals surface area contributed by atoms with E-state index >= 15 is 0 Å². The maximum absolute atomic E-state index is 13.4. The molecule has 2 heterocycles. The second-order valence-electron chi connectivity index (χ2n) is 6.11. The van der Waals surface area contributed by atoms with Crippen LogP contribution in [0.5, 0.6) is 6.01 Å². The molecule has 8 heteroatoms. The van der Waals surface area contributed by atoms with Gasteiger partial charge >= 0.3 is 6.01 Å². The van der Waals surface area contributed by atoms with E-state index in [0.717, 1.165) is 15.2 Å². The van der Waals surface area contributed by atoms with Gasteiger partial charge in [-0.1, -0.05) is 12.1 Å². The largest absolute Gasteiger partial charge is 0.467 e. The topological polar surface area (TPSA) is 73.1 Å². The summed E-state index contributed by atoms with van der Waals surface area (Å²) < 4.78 is 19.5. The lowest BCUT2D eigenvalue weighted by Crippen LogP contribution is -2.00. The normalized spacial score (nSPS) is 10.9. The van der Waals surface area contributed by atoms with Crippen molar-refractivity contribution < 1.29 is 14.3 Å². The Balaban J connectivity index is 1.93. The minimum absolute atomic E-state index is 0.166. The molecule has 0 saturated heterocycles. The molecule has 6 nitrogen and oxygen atoms in total. The maximum atomic E-state index is 13.4. The smallest absolute Gasteiger partial charge is 0.316 e. The molecule has 0 amide bonds. The number of aromatic nitrogens is 4. The van der Waals surface area contributed by atoms with E-state index < -0.39 is 0 Å². The van der Waals surface area contributed by atoms with E-state index in [1.54, 1.807) is 30.0 Å². The number of thioether (sulfide) groups is 1. The van der Waals surface area contributed by atoms with Crippen LogP contribution in [0.3, 0.4) is 0 Å². The van der Waals surface area contributed by atoms with Gasteiger partial charge in [0.2, 0.25) is 0 Å². The highest BCUT2D eigenvalue weighted by molar-refractivity contribution is 7.98. The van der Waals surface area contributed by atoms with Gasteiger partial charge in [-0.25, -0.2) is 14.4 Å². The van der Waals surface area contributed by atoms with Gasteiger partial charge in [0, 0.05) is 22.2 Å². The minimum Gasteiger partial charge on any atom is -0.467 e. The van der Waals surface area contributed by atoms with Crippen molar-refractivity contribution in [3.05, 3.63) is 66.6 Å². The molecule has 0 unspecified atom stereocenters. The molecule has 1 N–H and O–H groups in total. The molecule has 0 aliphatic carbocycles. The van der Waals surface area contributed by atoms with Crippen LogP contribution in [-0.4, -0.2) is 38.3 Å². The van der Waals surface area contributed by atoms with Gasteiger partial charge in [-0.2, -0.15) is 9.71 Å². The highest BCUT2D eigenvalue weighted by Crippen LogP contribution is 2.35. The summed E-state index contributed by atoms with van der Waals surface area (Å²) in [5.74, 6) is -0.000119. The molecule has 4 aromatic rings. The molecule has 0 radical (unpaired) electrons. The lowest BCUT2D eigenvalue weighted by molar-refractivity contribution is 0.195. The summed E-state index contributed by atoms with van der Waals surface area (Å²) in [5.41, 5.74) is 2.64. The first-order chi connectivity index (χ1) is 14.1. The average Bonchev–Trinajstić information content (AvgIpc) is 3.11. The van der Waals surface area contributed by atoms with Crippen molar-refractivity contribution in [3.8, 4) is 40.0 Å². The van der Waals surface area contributed by atoms with E-state index in [4.69, 9.17) is 4.74 Å². The van der Waals surface area contributed by atoms with E-state index in [1.165, 1.54) is 25.4 Å². The van der Waals surface area contributed by atoms with Gasteiger partial charge in [-0.05, 0) is 48.7 Å². The Morgan fingerprint density at radius 2 is 1.66 bits per heavy atom. The Hall–Kier alpha value is -3.39. The van der Waals surface area contributed by atoms with E-state index in [-0.39, 0.29) is 11.8 Å². The minimum atomic E-state index is -0.352. The first-order valence-electron chi connectivity index (χ1n) is 8.70. The van der Waals surface area contributed by atoms with Crippen LogP contribution in [0.4, 0.5) is 4.39 Å². The number of hydrogen-bond acceptors (Lipinski definition) is 6. The average molecular weight is 408 g/mol. The molecule has 29 heavy (non-hydrogen) atoms. The molecule has 0 aliphatic rings. The van der Waals surface area contributed by atoms with Crippen LogP contribution in [-0.2, 0) is 0 Å². The van der Waals surface area contributed by atoms with Crippen LogP contribution >= 0.6 is 11.8 Å². The molecular weight excluding hydrogens is 391 g/mol. The molecule has 0 spiro atoms. The van der Waals surface area contributed by atoms with Gasteiger partial charge in [0.15, 0.2) is 5.82 Å². The van der Waals surface area contributed by atoms with Crippen molar-refractivity contribution in [2.45, 2.75) is 4.90 Å². The van der Waals surface area contributed by atoms with Gasteiger partial charge in [-0.15, -0.1) is 11.8 Å². The van der Waals surface area contributed by atoms with Crippen LogP contribution in [0.25, 0.3) is 34.0 Å². The lowest BCUT2D eigenvalue weighted by atomic mass is 10.1. The quantitative estimate of drug-likeness (QED) is 0.378. The maximum Gasteiger partial charge on any atom is 0.316 e. The van der Waals surface area contributed by atoms with Crippen LogP contribution in [0.15, 0.2) is 65.7 Å². The SMILES string of the molecule is COc1nccc(-c2c(-c3ccc(F)cc3)nc(-c3ccc(SC)cc3)n2O)n1. The summed E-state index contributed by atoms with van der Waals surface area (Å²) in [6.07, 6.45) is 3.53. The molecule has 2 aromatic carbocycles. The number of methoxy groups -OCH3 is 1. The highest BCUT2D eigenvalue weighted by Gasteiger charge is 2.22. The number of ether oxygens (including phenoxy) is 1. The highest BCUT2D eigenvalue weighted by atomic mass is 32.2. The number of nitrogens with zero attached hydrogens (tertiary/aromatic N) is 4. The predicted molar refractivity (Wildman–Crippen MR) is 110 cm³/mol. The van der Waals surface area contributed by atoms with E-state index in [0.29, 0.717) is 28.5 Å². The van der Waals surface area contributed by atoms with Crippen LogP contribution in [0, 0.1) is 5.82 Å². The van der Waals surface area contributed by atoms with Crippen molar-refractivity contribution in [2.24, 2.45) is 0 Å². The summed E-state index contributed by atoms with van der Waals surface area (Å²) in [7, 11) is 1.47. The second kappa shape index (κ2) is 7.92. The fourth-order valence-corrected chi connectivity index (χ4v) is 3.36. The summed E-state index contributed by atoms with van der Waals surface area (Å²) in [4.78, 5) is 14.1. The number of hydrogen-bond donors (Lipinski definition) is 1. The van der Waals surface area contributed by atoms with Crippen LogP contribution < -0.4 is 4.74 Å². The van der Waals surface area contributed by atoms with E-state index in [1.807, 2.05) is 30.5 Å². The second-order valence-corrected chi connectivity index (χ2v) is 6.99. The number of halogens is 1. The summed E-state index contributed by atoms with van der Waals surface area (Å²) >= 11 is 1.63. The Labute approximate surface area is 171 Å². The Bertz CT molecular complexity index is 1140. The third kappa shape index (κ3) is 3.66. The van der Waals surface area contributed by atoms with Crippen LogP contribution in [0.2, 0.25) is 0 Å². The van der Waals surface area contributed by atoms with Crippen molar-refractivity contribution >= 4 is 11.8 Å². The zero-order valence-electron chi connectivity index (χ0n) is 15.7. The fraction of sp³-hybridized carbons (Fsp3) is 0.0952. The molecular formula is C21H17FN4O2S. The number of imidazole rings is 1. The fourth-order valence-electron chi connectivity index (χ4n) is 2.95. The first kappa shape index (κ1) is 18.9. The number of rotatable bonds is 5. The third-order valence-electron chi connectivity index (χ3n) is 4.38. The van der Waals surface area contributed by atoms with Crippen molar-refractivity contribution in [1.82, 2.24) is 19.7 Å². The van der Waals surface area contributed by atoms with Gasteiger partial charge < -0.3 is 9.94 Å². The Morgan fingerprint density at radius 1 is 0.966 bits per heavy atom. The third-order valence-corrected chi connectivity index (χ3v) is 5.12. The Morgan fingerprint density at radius 3 is 2.31 bits per heavy atom.